The lowest BCUT2D eigenvalue weighted by atomic mass is 10.1. The van der Waals surface area contributed by atoms with Crippen LogP contribution < -0.4 is 14.2 Å². The van der Waals surface area contributed by atoms with Gasteiger partial charge in [-0.05, 0) is 25.0 Å². The largest absolute Gasteiger partial charge is 0.497 e. The highest BCUT2D eigenvalue weighted by Gasteiger charge is 2.36. The van der Waals surface area contributed by atoms with Gasteiger partial charge in [-0.2, -0.15) is 0 Å². The number of hydrogen-bond donors (Lipinski definition) is 1. The first-order chi connectivity index (χ1) is 11.3. The lowest BCUT2D eigenvalue weighted by molar-refractivity contribution is -0.123. The molecule has 1 fully saturated rings. The van der Waals surface area contributed by atoms with Crippen LogP contribution in [0.25, 0.3) is 0 Å². The summed E-state index contributed by atoms with van der Waals surface area (Å²) in [6, 6.07) is 3.94. The van der Waals surface area contributed by atoms with E-state index in [4.69, 9.17) is 9.47 Å². The summed E-state index contributed by atoms with van der Waals surface area (Å²) in [5.74, 6) is -0.221. The van der Waals surface area contributed by atoms with E-state index in [0.717, 1.165) is 6.26 Å². The van der Waals surface area contributed by atoms with Crippen LogP contribution in [0.3, 0.4) is 0 Å². The maximum absolute atomic E-state index is 12.8. The molecule has 1 saturated heterocycles. The van der Waals surface area contributed by atoms with Gasteiger partial charge in [-0.3, -0.25) is 14.3 Å². The minimum atomic E-state index is -3.68. The molecule has 2 amide bonds. The van der Waals surface area contributed by atoms with Crippen molar-refractivity contribution in [2.75, 3.05) is 27.0 Å². The van der Waals surface area contributed by atoms with Crippen LogP contribution in [0.15, 0.2) is 18.2 Å². The number of nitrogens with zero attached hydrogens (tertiary/aromatic N) is 1. The molecule has 0 aromatic heterocycles. The number of carbonyl (C=O) groups excluding carboxylic acids is 2. The number of hydrogen-bond acceptors (Lipinski definition) is 6. The minimum Gasteiger partial charge on any atom is -0.497 e. The number of nitrogens with one attached hydrogen (secondary N) is 1. The molecule has 0 radical (unpaired) electrons. The van der Waals surface area contributed by atoms with Crippen LogP contribution in [-0.2, 0) is 14.8 Å². The normalized spacial score (nSPS) is 17.5. The Hall–Kier alpha value is -2.29. The SMILES string of the molecule is COc1ccc(C(=O)N2CCCC2C(=O)NS(C)(=O)=O)c(OC)c1. The van der Waals surface area contributed by atoms with Crippen LogP contribution >= 0.6 is 0 Å². The third kappa shape index (κ3) is 3.97. The van der Waals surface area contributed by atoms with Gasteiger partial charge in [0, 0.05) is 12.6 Å². The van der Waals surface area contributed by atoms with Crippen molar-refractivity contribution < 1.29 is 27.5 Å². The van der Waals surface area contributed by atoms with Crippen molar-refractivity contribution in [3.63, 3.8) is 0 Å². The van der Waals surface area contributed by atoms with Crippen LogP contribution in [0, 0.1) is 0 Å². The number of benzene rings is 1. The Labute approximate surface area is 140 Å². The Morgan fingerprint density at radius 2 is 1.96 bits per heavy atom. The Morgan fingerprint density at radius 1 is 1.25 bits per heavy atom. The molecule has 0 spiro atoms. The maximum Gasteiger partial charge on any atom is 0.258 e. The molecular weight excluding hydrogens is 336 g/mol. The van der Waals surface area contributed by atoms with Gasteiger partial charge in [0.05, 0.1) is 26.0 Å². The number of sulfonamides is 1. The van der Waals surface area contributed by atoms with E-state index in [0.29, 0.717) is 30.9 Å². The maximum atomic E-state index is 12.8. The predicted octanol–water partition coefficient (Wildman–Crippen LogP) is 0.384. The average Bonchev–Trinajstić information content (AvgIpc) is 3.01. The quantitative estimate of drug-likeness (QED) is 0.819. The molecule has 1 aliphatic heterocycles. The van der Waals surface area contributed by atoms with Gasteiger partial charge in [0.2, 0.25) is 10.0 Å². The first-order valence-corrected chi connectivity index (χ1v) is 9.20. The molecule has 132 valence electrons. The first kappa shape index (κ1) is 18.1. The van der Waals surface area contributed by atoms with Gasteiger partial charge in [-0.15, -0.1) is 0 Å². The summed E-state index contributed by atoms with van der Waals surface area (Å²) in [7, 11) is -0.739. The van der Waals surface area contributed by atoms with Crippen molar-refractivity contribution in [3.8, 4) is 11.5 Å². The van der Waals surface area contributed by atoms with E-state index >= 15 is 0 Å². The zero-order chi connectivity index (χ0) is 17.9. The summed E-state index contributed by atoms with van der Waals surface area (Å²) in [6.45, 7) is 0.371. The average molecular weight is 356 g/mol. The molecule has 1 N–H and O–H groups in total. The predicted molar refractivity (Wildman–Crippen MR) is 86.6 cm³/mol. The van der Waals surface area contributed by atoms with Gasteiger partial charge < -0.3 is 14.4 Å². The molecular formula is C15H20N2O6S. The van der Waals surface area contributed by atoms with Gasteiger partial charge in [0.1, 0.15) is 17.5 Å². The van der Waals surface area contributed by atoms with Crippen LogP contribution in [0.1, 0.15) is 23.2 Å². The third-order valence-electron chi connectivity index (χ3n) is 3.74. The van der Waals surface area contributed by atoms with E-state index in [2.05, 4.69) is 0 Å². The summed E-state index contributed by atoms with van der Waals surface area (Å²) in [5.41, 5.74) is 0.289. The van der Waals surface area contributed by atoms with E-state index < -0.39 is 22.0 Å². The molecule has 2 rings (SSSR count). The van der Waals surface area contributed by atoms with E-state index in [1.807, 2.05) is 4.72 Å². The Balaban J connectivity index is 2.26. The topological polar surface area (TPSA) is 102 Å². The van der Waals surface area contributed by atoms with Gasteiger partial charge >= 0.3 is 0 Å². The monoisotopic (exact) mass is 356 g/mol. The van der Waals surface area contributed by atoms with Crippen molar-refractivity contribution in [3.05, 3.63) is 23.8 Å². The smallest absolute Gasteiger partial charge is 0.258 e. The highest BCUT2D eigenvalue weighted by atomic mass is 32.2. The fourth-order valence-electron chi connectivity index (χ4n) is 2.66. The van der Waals surface area contributed by atoms with E-state index in [1.165, 1.54) is 19.1 Å². The Morgan fingerprint density at radius 3 is 2.54 bits per heavy atom. The summed E-state index contributed by atoms with van der Waals surface area (Å²) in [6.07, 6.45) is 1.93. The molecule has 0 aliphatic carbocycles. The number of methoxy groups -OCH3 is 2. The fourth-order valence-corrected chi connectivity index (χ4v) is 3.16. The summed E-state index contributed by atoms with van der Waals surface area (Å²) in [4.78, 5) is 26.3. The van der Waals surface area contributed by atoms with Gasteiger partial charge in [-0.25, -0.2) is 8.42 Å². The molecule has 0 saturated carbocycles. The zero-order valence-corrected chi connectivity index (χ0v) is 14.6. The number of amides is 2. The Bertz CT molecular complexity index is 746. The van der Waals surface area contributed by atoms with Gasteiger partial charge in [-0.1, -0.05) is 0 Å². The summed E-state index contributed by atoms with van der Waals surface area (Å²) >= 11 is 0. The molecule has 9 heteroatoms. The molecule has 24 heavy (non-hydrogen) atoms. The van der Waals surface area contributed by atoms with Gasteiger partial charge in [0.15, 0.2) is 0 Å². The molecule has 1 aliphatic rings. The van der Waals surface area contributed by atoms with Crippen LogP contribution in [0.5, 0.6) is 11.5 Å². The van der Waals surface area contributed by atoms with E-state index in [-0.39, 0.29) is 11.5 Å². The Kier molecular flexibility index (Phi) is 5.33. The molecule has 1 unspecified atom stereocenters. The van der Waals surface area contributed by atoms with Crippen molar-refractivity contribution in [2.24, 2.45) is 0 Å². The van der Waals surface area contributed by atoms with Crippen molar-refractivity contribution in [1.29, 1.82) is 0 Å². The minimum absolute atomic E-state index is 0.289. The van der Waals surface area contributed by atoms with Crippen LogP contribution in [0.2, 0.25) is 0 Å². The van der Waals surface area contributed by atoms with E-state index in [1.54, 1.807) is 18.2 Å². The van der Waals surface area contributed by atoms with E-state index in [9.17, 15) is 18.0 Å². The highest BCUT2D eigenvalue weighted by Crippen LogP contribution is 2.28. The molecule has 8 nitrogen and oxygen atoms in total. The van der Waals surface area contributed by atoms with Crippen molar-refractivity contribution in [2.45, 2.75) is 18.9 Å². The number of rotatable bonds is 5. The first-order valence-electron chi connectivity index (χ1n) is 7.31. The number of ether oxygens (including phenoxy) is 2. The zero-order valence-electron chi connectivity index (χ0n) is 13.7. The third-order valence-corrected chi connectivity index (χ3v) is 4.31. The van der Waals surface area contributed by atoms with Crippen molar-refractivity contribution >= 4 is 21.8 Å². The highest BCUT2D eigenvalue weighted by molar-refractivity contribution is 7.89. The van der Waals surface area contributed by atoms with Gasteiger partial charge in [0.25, 0.3) is 11.8 Å². The van der Waals surface area contributed by atoms with Crippen molar-refractivity contribution in [1.82, 2.24) is 9.62 Å². The second-order valence-corrected chi connectivity index (χ2v) is 7.21. The summed E-state index contributed by atoms with van der Waals surface area (Å²) < 4.78 is 34.7. The molecule has 1 aromatic carbocycles. The number of likely N-dealkylation sites (tertiary alicyclic amines) is 1. The summed E-state index contributed by atoms with van der Waals surface area (Å²) in [5, 5.41) is 0. The molecule has 1 atom stereocenters. The molecule has 1 heterocycles. The molecule has 1 aromatic rings. The second-order valence-electron chi connectivity index (χ2n) is 5.46. The molecule has 0 bridgehead atoms. The lowest BCUT2D eigenvalue weighted by Crippen LogP contribution is -2.47. The standard InChI is InChI=1S/C15H20N2O6S/c1-22-10-6-7-11(13(9-10)23-2)15(19)17-8-4-5-12(17)14(18)16-24(3,20)21/h6-7,9,12H,4-5,8H2,1-3H3,(H,16,18). The van der Waals surface area contributed by atoms with Crippen LogP contribution in [0.4, 0.5) is 0 Å². The lowest BCUT2D eigenvalue weighted by Gasteiger charge is -2.24. The fraction of sp³-hybridized carbons (Fsp3) is 0.467. The van der Waals surface area contributed by atoms with Crippen LogP contribution in [-0.4, -0.2) is 58.2 Å². The second kappa shape index (κ2) is 7.08. The number of carbonyl (C=O) groups is 2.